The Morgan fingerprint density at radius 2 is 1.94 bits per heavy atom. The maximum absolute atomic E-state index is 13.2. The fraction of sp³-hybridized carbons (Fsp3) is 0.348. The summed E-state index contributed by atoms with van der Waals surface area (Å²) in [6, 6.07) is 7.59. The Bertz CT molecular complexity index is 1350. The number of nitrogens with one attached hydrogen (secondary N) is 1. The van der Waals surface area contributed by atoms with Crippen LogP contribution in [0.25, 0.3) is 11.0 Å². The van der Waals surface area contributed by atoms with E-state index in [9.17, 15) is 27.5 Å². The number of ether oxygens (including phenoxy) is 1. The van der Waals surface area contributed by atoms with Crippen molar-refractivity contribution < 1.29 is 27.4 Å². The lowest BCUT2D eigenvalue weighted by Gasteiger charge is -2.15. The number of benzene rings is 1. The first-order valence-corrected chi connectivity index (χ1v) is 12.6. The van der Waals surface area contributed by atoms with Crippen LogP contribution in [0.5, 0.6) is 5.75 Å². The van der Waals surface area contributed by atoms with Gasteiger partial charge in [0.25, 0.3) is 11.5 Å². The SMILES string of the molecule is COCCNC(=O)c1c(O)c2ncc(Cc3ccc(F)cc3)cc2n(CCCS(C)(=O)=O)c1=O. The fourth-order valence-electron chi connectivity index (χ4n) is 3.55. The van der Waals surface area contributed by atoms with E-state index >= 15 is 0 Å². The molecule has 3 aromatic rings. The number of halogens is 1. The number of methoxy groups -OCH3 is 1. The third-order valence-electron chi connectivity index (χ3n) is 5.17. The second-order valence-electron chi connectivity index (χ2n) is 7.93. The average Bonchev–Trinajstić information content (AvgIpc) is 2.77. The summed E-state index contributed by atoms with van der Waals surface area (Å²) in [6.45, 7) is 0.348. The lowest BCUT2D eigenvalue weighted by Crippen LogP contribution is -2.35. The van der Waals surface area contributed by atoms with Crippen molar-refractivity contribution in [2.75, 3.05) is 32.3 Å². The van der Waals surface area contributed by atoms with Gasteiger partial charge in [-0.1, -0.05) is 12.1 Å². The van der Waals surface area contributed by atoms with Gasteiger partial charge in [-0.25, -0.2) is 12.8 Å². The van der Waals surface area contributed by atoms with Crippen LogP contribution in [0.15, 0.2) is 41.3 Å². The van der Waals surface area contributed by atoms with E-state index in [2.05, 4.69) is 10.3 Å². The van der Waals surface area contributed by atoms with Crippen LogP contribution in [0.3, 0.4) is 0 Å². The van der Waals surface area contributed by atoms with Crippen molar-refractivity contribution in [3.05, 3.63) is 69.4 Å². The van der Waals surface area contributed by atoms with Crippen LogP contribution < -0.4 is 10.9 Å². The van der Waals surface area contributed by atoms with E-state index in [-0.39, 0.29) is 48.7 Å². The number of amides is 1. The van der Waals surface area contributed by atoms with Gasteiger partial charge in [-0.15, -0.1) is 0 Å². The molecule has 0 saturated carbocycles. The largest absolute Gasteiger partial charge is 0.505 e. The van der Waals surface area contributed by atoms with Crippen molar-refractivity contribution in [1.29, 1.82) is 0 Å². The Labute approximate surface area is 196 Å². The number of carbonyl (C=O) groups excluding carboxylic acids is 1. The first kappa shape index (κ1) is 25.3. The van der Waals surface area contributed by atoms with Gasteiger partial charge >= 0.3 is 0 Å². The van der Waals surface area contributed by atoms with Crippen molar-refractivity contribution in [2.45, 2.75) is 19.4 Å². The fourth-order valence-corrected chi connectivity index (χ4v) is 4.20. The summed E-state index contributed by atoms with van der Waals surface area (Å²) in [7, 11) is -1.81. The number of carbonyl (C=O) groups is 1. The molecule has 11 heteroatoms. The number of aromatic hydroxyl groups is 1. The summed E-state index contributed by atoms with van der Waals surface area (Å²) in [5, 5.41) is 13.3. The minimum absolute atomic E-state index is 0.00269. The van der Waals surface area contributed by atoms with Gasteiger partial charge in [-0.3, -0.25) is 14.6 Å². The minimum atomic E-state index is -3.27. The number of aromatic nitrogens is 2. The summed E-state index contributed by atoms with van der Waals surface area (Å²) in [5.74, 6) is -1.85. The van der Waals surface area contributed by atoms with E-state index < -0.39 is 32.6 Å². The Balaban J connectivity index is 2.08. The molecule has 0 unspecified atom stereocenters. The molecular weight excluding hydrogens is 465 g/mol. The van der Waals surface area contributed by atoms with Crippen LogP contribution in [0, 0.1) is 5.82 Å². The standard InChI is InChI=1S/C23H26FN3O6S/c1-33-10-8-25-22(29)19-21(28)20-18(27(23(19)30)9-3-11-34(2,31)32)13-16(14-26-20)12-15-4-6-17(24)7-5-15/h4-7,13-14,28H,3,8-12H2,1-2H3,(H,25,29). The quantitative estimate of drug-likeness (QED) is 0.413. The van der Waals surface area contributed by atoms with Gasteiger partial charge in [0.15, 0.2) is 5.75 Å². The number of sulfone groups is 1. The molecule has 2 aromatic heterocycles. The summed E-state index contributed by atoms with van der Waals surface area (Å²) >= 11 is 0. The molecule has 0 bridgehead atoms. The van der Waals surface area contributed by atoms with Gasteiger partial charge in [-0.2, -0.15) is 0 Å². The third-order valence-corrected chi connectivity index (χ3v) is 6.20. The highest BCUT2D eigenvalue weighted by Crippen LogP contribution is 2.26. The summed E-state index contributed by atoms with van der Waals surface area (Å²) in [6.07, 6.45) is 3.12. The molecule has 0 aliphatic carbocycles. The summed E-state index contributed by atoms with van der Waals surface area (Å²) < 4.78 is 42.5. The van der Waals surface area contributed by atoms with E-state index in [0.29, 0.717) is 12.0 Å². The Hall–Kier alpha value is -3.31. The van der Waals surface area contributed by atoms with Crippen LogP contribution in [-0.4, -0.2) is 61.3 Å². The molecule has 0 saturated heterocycles. The average molecular weight is 492 g/mol. The number of aryl methyl sites for hydroxylation is 1. The van der Waals surface area contributed by atoms with E-state index in [1.165, 1.54) is 30.0 Å². The van der Waals surface area contributed by atoms with Gasteiger partial charge in [0.1, 0.15) is 26.7 Å². The zero-order valence-corrected chi connectivity index (χ0v) is 19.7. The van der Waals surface area contributed by atoms with Crippen molar-refractivity contribution >= 4 is 26.8 Å². The molecule has 34 heavy (non-hydrogen) atoms. The molecule has 0 aliphatic rings. The maximum Gasteiger partial charge on any atom is 0.267 e. The van der Waals surface area contributed by atoms with E-state index in [1.807, 2.05) is 0 Å². The molecule has 3 rings (SSSR count). The lowest BCUT2D eigenvalue weighted by atomic mass is 10.1. The predicted octanol–water partition coefficient (Wildman–Crippen LogP) is 1.64. The minimum Gasteiger partial charge on any atom is -0.505 e. The molecule has 0 atom stereocenters. The van der Waals surface area contributed by atoms with Crippen molar-refractivity contribution in [1.82, 2.24) is 14.9 Å². The van der Waals surface area contributed by atoms with Crippen LogP contribution in [0.4, 0.5) is 4.39 Å². The van der Waals surface area contributed by atoms with Gasteiger partial charge in [-0.05, 0) is 42.2 Å². The van der Waals surface area contributed by atoms with Crippen molar-refractivity contribution in [3.8, 4) is 5.75 Å². The van der Waals surface area contributed by atoms with Crippen LogP contribution in [0.2, 0.25) is 0 Å². The monoisotopic (exact) mass is 491 g/mol. The zero-order chi connectivity index (χ0) is 24.9. The third kappa shape index (κ3) is 6.17. The smallest absolute Gasteiger partial charge is 0.267 e. The second kappa shape index (κ2) is 10.7. The predicted molar refractivity (Wildman–Crippen MR) is 125 cm³/mol. The highest BCUT2D eigenvalue weighted by molar-refractivity contribution is 7.90. The van der Waals surface area contributed by atoms with Crippen LogP contribution >= 0.6 is 0 Å². The second-order valence-corrected chi connectivity index (χ2v) is 10.2. The number of hydrogen-bond donors (Lipinski definition) is 2. The van der Waals surface area contributed by atoms with Crippen LogP contribution in [-0.2, 0) is 27.5 Å². The first-order chi connectivity index (χ1) is 16.1. The molecular formula is C23H26FN3O6S. The molecule has 2 N–H and O–H groups in total. The highest BCUT2D eigenvalue weighted by atomic mass is 32.2. The van der Waals surface area contributed by atoms with E-state index in [4.69, 9.17) is 4.74 Å². The summed E-state index contributed by atoms with van der Waals surface area (Å²) in [5.41, 5.74) is 0.581. The normalized spacial score (nSPS) is 11.6. The van der Waals surface area contributed by atoms with Gasteiger partial charge in [0, 0.05) is 32.7 Å². The van der Waals surface area contributed by atoms with Crippen molar-refractivity contribution in [2.24, 2.45) is 0 Å². The summed E-state index contributed by atoms with van der Waals surface area (Å²) in [4.78, 5) is 30.1. The molecule has 9 nitrogen and oxygen atoms in total. The molecule has 0 aliphatic heterocycles. The Morgan fingerprint density at radius 1 is 1.24 bits per heavy atom. The Kier molecular flexibility index (Phi) is 8.00. The topological polar surface area (TPSA) is 128 Å². The molecule has 182 valence electrons. The van der Waals surface area contributed by atoms with E-state index in [1.54, 1.807) is 18.2 Å². The molecule has 1 aromatic carbocycles. The molecule has 1 amide bonds. The number of hydrogen-bond acceptors (Lipinski definition) is 7. The molecule has 0 spiro atoms. The van der Waals surface area contributed by atoms with Crippen molar-refractivity contribution in [3.63, 3.8) is 0 Å². The van der Waals surface area contributed by atoms with Gasteiger partial charge < -0.3 is 19.7 Å². The number of pyridine rings is 2. The Morgan fingerprint density at radius 3 is 2.59 bits per heavy atom. The van der Waals surface area contributed by atoms with Gasteiger partial charge in [0.2, 0.25) is 0 Å². The lowest BCUT2D eigenvalue weighted by molar-refractivity contribution is 0.0932. The first-order valence-electron chi connectivity index (χ1n) is 10.5. The number of rotatable bonds is 10. The number of nitrogens with zero attached hydrogens (tertiary/aromatic N) is 2. The highest BCUT2D eigenvalue weighted by Gasteiger charge is 2.23. The molecule has 2 heterocycles. The zero-order valence-electron chi connectivity index (χ0n) is 18.9. The van der Waals surface area contributed by atoms with Crippen LogP contribution in [0.1, 0.15) is 27.9 Å². The maximum atomic E-state index is 13.2. The molecule has 0 fully saturated rings. The van der Waals surface area contributed by atoms with E-state index in [0.717, 1.165) is 11.8 Å². The number of fused-ring (bicyclic) bond motifs is 1. The van der Waals surface area contributed by atoms with Gasteiger partial charge in [0.05, 0.1) is 17.9 Å². The molecule has 0 radical (unpaired) electrons.